The number of hydrogen-bond acceptors (Lipinski definition) is 2. The van der Waals surface area contributed by atoms with Crippen LogP contribution in [0.3, 0.4) is 0 Å². The van der Waals surface area contributed by atoms with Crippen LogP contribution in [0.2, 0.25) is 0 Å². The SMILES string of the molecule is CC(C)=CCC[C@@]1(C)[C@H]2/C=C(/C)C(=O)/C=C/[C@](C)(O)CC[C@@H]21. The lowest BCUT2D eigenvalue weighted by atomic mass is 9.92. The van der Waals surface area contributed by atoms with E-state index in [-0.39, 0.29) is 11.2 Å². The van der Waals surface area contributed by atoms with E-state index in [2.05, 4.69) is 32.9 Å². The highest BCUT2D eigenvalue weighted by atomic mass is 16.3. The van der Waals surface area contributed by atoms with Gasteiger partial charge in [-0.05, 0) is 88.4 Å². The van der Waals surface area contributed by atoms with Crippen LogP contribution in [0.1, 0.15) is 60.3 Å². The molecule has 0 aromatic rings. The molecule has 2 rings (SSSR count). The van der Waals surface area contributed by atoms with Gasteiger partial charge >= 0.3 is 0 Å². The Morgan fingerprint density at radius 1 is 1.41 bits per heavy atom. The molecule has 0 saturated heterocycles. The third kappa shape index (κ3) is 3.78. The van der Waals surface area contributed by atoms with Gasteiger partial charge in [0.2, 0.25) is 0 Å². The molecule has 4 atom stereocenters. The maximum absolute atomic E-state index is 12.1. The third-order valence-corrected chi connectivity index (χ3v) is 5.54. The molecule has 2 heteroatoms. The van der Waals surface area contributed by atoms with Crippen LogP contribution in [0.5, 0.6) is 0 Å². The summed E-state index contributed by atoms with van der Waals surface area (Å²) in [6, 6.07) is 0. The van der Waals surface area contributed by atoms with Crippen molar-refractivity contribution >= 4 is 5.78 Å². The van der Waals surface area contributed by atoms with Gasteiger partial charge in [-0.15, -0.1) is 0 Å². The maximum Gasteiger partial charge on any atom is 0.181 e. The molecule has 0 radical (unpaired) electrons. The van der Waals surface area contributed by atoms with Crippen molar-refractivity contribution in [3.05, 3.63) is 35.5 Å². The Kier molecular flexibility index (Phi) is 4.81. The van der Waals surface area contributed by atoms with Crippen LogP contribution in [0.25, 0.3) is 0 Å². The normalized spacial score (nSPS) is 41.9. The topological polar surface area (TPSA) is 37.3 Å². The molecule has 122 valence electrons. The van der Waals surface area contributed by atoms with Gasteiger partial charge in [-0.1, -0.05) is 24.6 Å². The summed E-state index contributed by atoms with van der Waals surface area (Å²) >= 11 is 0. The minimum Gasteiger partial charge on any atom is -0.386 e. The molecular formula is C20H30O2. The van der Waals surface area contributed by atoms with Crippen LogP contribution in [0.4, 0.5) is 0 Å². The lowest BCUT2D eigenvalue weighted by Gasteiger charge is -2.19. The van der Waals surface area contributed by atoms with Crippen LogP contribution in [0.15, 0.2) is 35.5 Å². The van der Waals surface area contributed by atoms with E-state index in [0.717, 1.165) is 31.3 Å². The zero-order valence-corrected chi connectivity index (χ0v) is 14.6. The quantitative estimate of drug-likeness (QED) is 0.773. The van der Waals surface area contributed by atoms with Crippen molar-refractivity contribution in [2.24, 2.45) is 17.3 Å². The number of fused-ring (bicyclic) bond motifs is 1. The monoisotopic (exact) mass is 302 g/mol. The second-order valence-electron chi connectivity index (χ2n) is 7.90. The van der Waals surface area contributed by atoms with Gasteiger partial charge in [0.15, 0.2) is 5.78 Å². The van der Waals surface area contributed by atoms with E-state index >= 15 is 0 Å². The Bertz CT molecular complexity index is 532. The average molecular weight is 302 g/mol. The molecule has 0 aromatic heterocycles. The minimum atomic E-state index is -0.874. The number of carbonyl (C=O) groups is 1. The molecule has 2 aliphatic rings. The Morgan fingerprint density at radius 3 is 2.73 bits per heavy atom. The van der Waals surface area contributed by atoms with Crippen molar-refractivity contribution in [3.63, 3.8) is 0 Å². The molecule has 1 saturated carbocycles. The van der Waals surface area contributed by atoms with Crippen molar-refractivity contribution in [1.82, 2.24) is 0 Å². The van der Waals surface area contributed by atoms with Gasteiger partial charge in [0, 0.05) is 0 Å². The lowest BCUT2D eigenvalue weighted by molar-refractivity contribution is -0.111. The van der Waals surface area contributed by atoms with E-state index in [0.29, 0.717) is 11.8 Å². The number of allylic oxidation sites excluding steroid dienone is 5. The zero-order valence-electron chi connectivity index (χ0n) is 14.6. The fourth-order valence-corrected chi connectivity index (χ4v) is 3.81. The number of aliphatic hydroxyl groups is 1. The highest BCUT2D eigenvalue weighted by Crippen LogP contribution is 2.64. The molecule has 1 N–H and O–H groups in total. The Labute approximate surface area is 135 Å². The summed E-state index contributed by atoms with van der Waals surface area (Å²) in [5.41, 5.74) is 1.58. The first-order chi connectivity index (χ1) is 10.2. The fourth-order valence-electron chi connectivity index (χ4n) is 3.81. The molecule has 0 spiro atoms. The summed E-state index contributed by atoms with van der Waals surface area (Å²) in [7, 11) is 0. The molecule has 0 unspecified atom stereocenters. The average Bonchev–Trinajstić information content (AvgIpc) is 2.96. The van der Waals surface area contributed by atoms with Crippen molar-refractivity contribution in [3.8, 4) is 0 Å². The largest absolute Gasteiger partial charge is 0.386 e. The molecule has 2 nitrogen and oxygen atoms in total. The van der Waals surface area contributed by atoms with E-state index in [1.807, 2.05) is 6.92 Å². The van der Waals surface area contributed by atoms with Crippen molar-refractivity contribution in [2.75, 3.05) is 0 Å². The predicted octanol–water partition coefficient (Wildman–Crippen LogP) is 4.60. The number of ketones is 1. The highest BCUT2D eigenvalue weighted by molar-refractivity contribution is 6.03. The van der Waals surface area contributed by atoms with Crippen LogP contribution >= 0.6 is 0 Å². The summed E-state index contributed by atoms with van der Waals surface area (Å²) < 4.78 is 0. The van der Waals surface area contributed by atoms with Gasteiger partial charge < -0.3 is 5.11 Å². The summed E-state index contributed by atoms with van der Waals surface area (Å²) in [6.07, 6.45) is 11.7. The molecule has 0 aliphatic heterocycles. The van der Waals surface area contributed by atoms with E-state index in [4.69, 9.17) is 0 Å². The second kappa shape index (κ2) is 6.16. The first-order valence-electron chi connectivity index (χ1n) is 8.43. The summed E-state index contributed by atoms with van der Waals surface area (Å²) in [5.74, 6) is 1.09. The fraction of sp³-hybridized carbons (Fsp3) is 0.650. The van der Waals surface area contributed by atoms with Crippen molar-refractivity contribution in [1.29, 1.82) is 0 Å². The third-order valence-electron chi connectivity index (χ3n) is 5.54. The summed E-state index contributed by atoms with van der Waals surface area (Å²) in [4.78, 5) is 12.1. The van der Waals surface area contributed by atoms with Gasteiger partial charge in [0.25, 0.3) is 0 Å². The molecule has 0 bridgehead atoms. The van der Waals surface area contributed by atoms with Crippen molar-refractivity contribution in [2.45, 2.75) is 65.9 Å². The Balaban J connectivity index is 2.18. The van der Waals surface area contributed by atoms with Gasteiger partial charge in [0.1, 0.15) is 0 Å². The molecule has 2 aliphatic carbocycles. The lowest BCUT2D eigenvalue weighted by Crippen LogP contribution is -2.22. The first-order valence-corrected chi connectivity index (χ1v) is 8.43. The molecule has 0 amide bonds. The van der Waals surface area contributed by atoms with E-state index in [1.54, 1.807) is 13.0 Å². The molecule has 0 heterocycles. The highest BCUT2D eigenvalue weighted by Gasteiger charge is 2.58. The zero-order chi connectivity index (χ0) is 16.5. The van der Waals surface area contributed by atoms with E-state index < -0.39 is 5.60 Å². The van der Waals surface area contributed by atoms with Crippen LogP contribution in [-0.2, 0) is 4.79 Å². The predicted molar refractivity (Wildman–Crippen MR) is 91.5 cm³/mol. The first kappa shape index (κ1) is 17.2. The van der Waals surface area contributed by atoms with Gasteiger partial charge in [0.05, 0.1) is 5.60 Å². The molecule has 0 aromatic carbocycles. The van der Waals surface area contributed by atoms with Gasteiger partial charge in [-0.25, -0.2) is 0 Å². The number of hydrogen-bond donors (Lipinski definition) is 1. The van der Waals surface area contributed by atoms with Crippen LogP contribution in [0, 0.1) is 17.3 Å². The Hall–Kier alpha value is -1.15. The maximum atomic E-state index is 12.1. The standard InChI is InChI=1S/C20H30O2/c1-14(2)7-6-10-20(5)16-8-11-19(4,22)12-9-18(21)15(3)13-17(16)20/h7,9,12-13,16-17,22H,6,8,10-11H2,1-5H3/b12-9+,15-13-/t16-,17-,19+,20+/m0/s1. The van der Waals surface area contributed by atoms with Crippen LogP contribution in [-0.4, -0.2) is 16.5 Å². The van der Waals surface area contributed by atoms with E-state index in [1.165, 1.54) is 11.6 Å². The van der Waals surface area contributed by atoms with Crippen LogP contribution < -0.4 is 0 Å². The summed E-state index contributed by atoms with van der Waals surface area (Å²) in [6.45, 7) is 10.3. The van der Waals surface area contributed by atoms with Gasteiger partial charge in [-0.2, -0.15) is 0 Å². The molecule has 22 heavy (non-hydrogen) atoms. The summed E-state index contributed by atoms with van der Waals surface area (Å²) in [5, 5.41) is 10.4. The smallest absolute Gasteiger partial charge is 0.181 e. The minimum absolute atomic E-state index is 0.0273. The van der Waals surface area contributed by atoms with Gasteiger partial charge in [-0.3, -0.25) is 4.79 Å². The number of carbonyl (C=O) groups excluding carboxylic acids is 1. The van der Waals surface area contributed by atoms with Crippen molar-refractivity contribution < 1.29 is 9.90 Å². The second-order valence-corrected chi connectivity index (χ2v) is 7.90. The molecule has 1 fully saturated rings. The van der Waals surface area contributed by atoms with E-state index in [9.17, 15) is 9.90 Å². The number of rotatable bonds is 3. The Morgan fingerprint density at radius 2 is 2.09 bits per heavy atom. The molecular weight excluding hydrogens is 272 g/mol.